The number of carbonyl (C=O) groups is 1. The molecule has 0 saturated carbocycles. The summed E-state index contributed by atoms with van der Waals surface area (Å²) < 4.78 is 43.4. The molecule has 2 heterocycles. The molecule has 1 unspecified atom stereocenters. The molecule has 2 aromatic heterocycles. The minimum atomic E-state index is -1.82. The third-order valence-electron chi connectivity index (χ3n) is 6.27. The van der Waals surface area contributed by atoms with Crippen LogP contribution in [0.2, 0.25) is 0 Å². The molecule has 0 spiro atoms. The first-order valence-corrected chi connectivity index (χ1v) is 13.3. The summed E-state index contributed by atoms with van der Waals surface area (Å²) in [6.45, 7) is 1.80. The Bertz CT molecular complexity index is 1680. The van der Waals surface area contributed by atoms with E-state index in [9.17, 15) is 17.8 Å². The number of halogens is 2. The van der Waals surface area contributed by atoms with Crippen LogP contribution in [-0.4, -0.2) is 20.2 Å². The highest BCUT2D eigenvalue weighted by Gasteiger charge is 2.23. The summed E-state index contributed by atoms with van der Waals surface area (Å²) in [7, 11) is -1.82. The van der Waals surface area contributed by atoms with Gasteiger partial charge >= 0.3 is 6.03 Å². The number of aryl methyl sites for hydroxylation is 1. The Morgan fingerprint density at radius 2 is 1.72 bits per heavy atom. The van der Waals surface area contributed by atoms with Gasteiger partial charge in [0.2, 0.25) is 0 Å². The van der Waals surface area contributed by atoms with Gasteiger partial charge in [0.05, 0.1) is 16.6 Å². The first-order chi connectivity index (χ1) is 18.9. The summed E-state index contributed by atoms with van der Waals surface area (Å²) in [6, 6.07) is 20.1. The van der Waals surface area contributed by atoms with E-state index < -0.39 is 34.7 Å². The van der Waals surface area contributed by atoms with Crippen molar-refractivity contribution in [3.8, 4) is 11.1 Å². The van der Waals surface area contributed by atoms with Gasteiger partial charge in [-0.3, -0.25) is 14.7 Å². The Labute approximate surface area is 226 Å². The summed E-state index contributed by atoms with van der Waals surface area (Å²) in [4.78, 5) is 22.3. The standard InChI is InChI=1S/C30H24F2N4O2S/c1-19-5-2-3-7-28(19)39(38)36-30(37)35-27(15-20-13-24(31)17-25(32)14-20)29-26(6-4-11-34-29)22-9-8-21-10-12-33-18-23(21)16-22/h2-14,16-18,27H,15H2,1H3,(H2,35,36,37)/t27-,39?/m0/s1. The number of nitrogens with zero attached hydrogens (tertiary/aromatic N) is 2. The molecule has 0 aliphatic rings. The normalized spacial score (nSPS) is 12.6. The molecule has 0 aliphatic heterocycles. The van der Waals surface area contributed by atoms with E-state index in [4.69, 9.17) is 0 Å². The van der Waals surface area contributed by atoms with Gasteiger partial charge < -0.3 is 5.32 Å². The molecule has 0 radical (unpaired) electrons. The number of fused-ring (bicyclic) bond motifs is 1. The molecule has 9 heteroatoms. The largest absolute Gasteiger partial charge is 0.329 e. The van der Waals surface area contributed by atoms with Crippen molar-refractivity contribution in [1.29, 1.82) is 0 Å². The minimum Gasteiger partial charge on any atom is -0.329 e. The van der Waals surface area contributed by atoms with E-state index in [-0.39, 0.29) is 6.42 Å². The van der Waals surface area contributed by atoms with Crippen molar-refractivity contribution < 1.29 is 17.8 Å². The molecule has 2 amide bonds. The van der Waals surface area contributed by atoms with Crippen molar-refractivity contribution in [2.75, 3.05) is 0 Å². The number of benzene rings is 3. The van der Waals surface area contributed by atoms with E-state index in [1.54, 1.807) is 49.8 Å². The molecule has 0 fully saturated rings. The van der Waals surface area contributed by atoms with Gasteiger partial charge in [-0.15, -0.1) is 0 Å². The summed E-state index contributed by atoms with van der Waals surface area (Å²) in [6.07, 6.45) is 5.10. The molecule has 5 rings (SSSR count). The third kappa shape index (κ3) is 6.15. The van der Waals surface area contributed by atoms with E-state index in [0.717, 1.165) is 33.5 Å². The number of hydrogen-bond donors (Lipinski definition) is 2. The molecule has 2 atom stereocenters. The fourth-order valence-corrected chi connectivity index (χ4v) is 5.36. The quantitative estimate of drug-likeness (QED) is 0.257. The Hall–Kier alpha value is -4.50. The van der Waals surface area contributed by atoms with Gasteiger partial charge in [-0.1, -0.05) is 36.4 Å². The lowest BCUT2D eigenvalue weighted by Crippen LogP contribution is -2.40. The fourth-order valence-electron chi connectivity index (χ4n) is 4.46. The SMILES string of the molecule is Cc1ccccc1S(=O)NC(=O)N[C@@H](Cc1cc(F)cc(F)c1)c1ncccc1-c1ccc2ccncc2c1. The zero-order valence-corrected chi connectivity index (χ0v) is 21.7. The summed E-state index contributed by atoms with van der Waals surface area (Å²) in [5, 5.41) is 4.77. The maximum Gasteiger partial charge on any atom is 0.327 e. The fraction of sp³-hybridized carbons (Fsp3) is 0.100. The van der Waals surface area contributed by atoms with Gasteiger partial charge in [-0.2, -0.15) is 0 Å². The van der Waals surface area contributed by atoms with Crippen molar-refractivity contribution >= 4 is 27.8 Å². The van der Waals surface area contributed by atoms with Crippen LogP contribution in [0, 0.1) is 18.6 Å². The van der Waals surface area contributed by atoms with E-state index >= 15 is 0 Å². The number of urea groups is 1. The van der Waals surface area contributed by atoms with Gasteiger partial charge in [0, 0.05) is 35.6 Å². The minimum absolute atomic E-state index is 0.0399. The molecule has 6 nitrogen and oxygen atoms in total. The first kappa shape index (κ1) is 26.1. The lowest BCUT2D eigenvalue weighted by molar-refractivity contribution is 0.242. The Kier molecular flexibility index (Phi) is 7.69. The van der Waals surface area contributed by atoms with Crippen molar-refractivity contribution in [2.45, 2.75) is 24.3 Å². The molecule has 3 aromatic carbocycles. The van der Waals surface area contributed by atoms with Crippen LogP contribution in [0.1, 0.15) is 22.9 Å². The average Bonchev–Trinajstić information content (AvgIpc) is 2.92. The van der Waals surface area contributed by atoms with Crippen LogP contribution < -0.4 is 10.0 Å². The maximum absolute atomic E-state index is 14.0. The lowest BCUT2D eigenvalue weighted by Gasteiger charge is -2.22. The summed E-state index contributed by atoms with van der Waals surface area (Å²) in [5.41, 5.74) is 3.14. The van der Waals surface area contributed by atoms with Crippen LogP contribution in [0.25, 0.3) is 21.9 Å². The van der Waals surface area contributed by atoms with E-state index in [1.807, 2.05) is 36.4 Å². The average molecular weight is 543 g/mol. The molecule has 196 valence electrons. The Morgan fingerprint density at radius 1 is 0.923 bits per heavy atom. The highest BCUT2D eigenvalue weighted by molar-refractivity contribution is 7.83. The van der Waals surface area contributed by atoms with Crippen LogP contribution in [0.15, 0.2) is 102 Å². The monoisotopic (exact) mass is 542 g/mol. The smallest absolute Gasteiger partial charge is 0.327 e. The molecular formula is C30H24F2N4O2S. The number of carbonyl (C=O) groups excluding carboxylic acids is 1. The van der Waals surface area contributed by atoms with E-state index in [0.29, 0.717) is 16.2 Å². The van der Waals surface area contributed by atoms with Gasteiger partial charge in [0.1, 0.15) is 11.6 Å². The highest BCUT2D eigenvalue weighted by Crippen LogP contribution is 2.31. The van der Waals surface area contributed by atoms with Gasteiger partial charge in [-0.05, 0) is 71.8 Å². The Morgan fingerprint density at radius 3 is 2.51 bits per heavy atom. The van der Waals surface area contributed by atoms with E-state index in [2.05, 4.69) is 20.0 Å². The molecule has 2 N–H and O–H groups in total. The Balaban J connectivity index is 1.50. The van der Waals surface area contributed by atoms with Crippen LogP contribution >= 0.6 is 0 Å². The van der Waals surface area contributed by atoms with Crippen LogP contribution in [-0.2, 0) is 17.4 Å². The number of nitrogens with one attached hydrogen (secondary N) is 2. The van der Waals surface area contributed by atoms with Crippen LogP contribution in [0.3, 0.4) is 0 Å². The number of pyridine rings is 2. The second-order valence-electron chi connectivity index (χ2n) is 9.02. The molecule has 0 bridgehead atoms. The van der Waals surface area contributed by atoms with Crippen molar-refractivity contribution in [1.82, 2.24) is 20.0 Å². The third-order valence-corrected chi connectivity index (χ3v) is 7.49. The van der Waals surface area contributed by atoms with Crippen molar-refractivity contribution in [2.24, 2.45) is 0 Å². The summed E-state index contributed by atoms with van der Waals surface area (Å²) >= 11 is 0. The molecular weight excluding hydrogens is 518 g/mol. The second-order valence-corrected chi connectivity index (χ2v) is 10.2. The number of aromatic nitrogens is 2. The summed E-state index contributed by atoms with van der Waals surface area (Å²) in [5.74, 6) is -1.45. The molecule has 39 heavy (non-hydrogen) atoms. The molecule has 0 saturated heterocycles. The zero-order valence-electron chi connectivity index (χ0n) is 20.9. The van der Waals surface area contributed by atoms with E-state index in [1.165, 1.54) is 12.1 Å². The predicted octanol–water partition coefficient (Wildman–Crippen LogP) is 6.19. The van der Waals surface area contributed by atoms with Crippen LogP contribution in [0.4, 0.5) is 13.6 Å². The van der Waals surface area contributed by atoms with Gasteiger partial charge in [0.25, 0.3) is 0 Å². The molecule has 5 aromatic rings. The van der Waals surface area contributed by atoms with Crippen molar-refractivity contribution in [3.05, 3.63) is 126 Å². The van der Waals surface area contributed by atoms with Gasteiger partial charge in [-0.25, -0.2) is 17.8 Å². The maximum atomic E-state index is 14.0. The topological polar surface area (TPSA) is 84.0 Å². The zero-order chi connectivity index (χ0) is 27.4. The molecule has 0 aliphatic carbocycles. The lowest BCUT2D eigenvalue weighted by atomic mass is 9.94. The van der Waals surface area contributed by atoms with Crippen molar-refractivity contribution in [3.63, 3.8) is 0 Å². The van der Waals surface area contributed by atoms with Gasteiger partial charge in [0.15, 0.2) is 11.0 Å². The predicted molar refractivity (Wildman–Crippen MR) is 147 cm³/mol. The second kappa shape index (κ2) is 11.5. The number of rotatable bonds is 7. The van der Waals surface area contributed by atoms with Crippen LogP contribution in [0.5, 0.6) is 0 Å². The number of hydrogen-bond acceptors (Lipinski definition) is 4. The first-order valence-electron chi connectivity index (χ1n) is 12.2. The number of amides is 2. The highest BCUT2D eigenvalue weighted by atomic mass is 32.2.